The maximum atomic E-state index is 11.5. The Balaban J connectivity index is 2.24. The fourth-order valence-electron chi connectivity index (χ4n) is 2.00. The van der Waals surface area contributed by atoms with Crippen molar-refractivity contribution in [2.75, 3.05) is 12.9 Å². The van der Waals surface area contributed by atoms with Gasteiger partial charge in [0.05, 0.1) is 17.8 Å². The second kappa shape index (κ2) is 4.33. The zero-order valence-electron chi connectivity index (χ0n) is 9.83. The molecule has 1 saturated carbocycles. The van der Waals surface area contributed by atoms with E-state index in [1.807, 2.05) is 0 Å². The molecule has 0 unspecified atom stereocenters. The van der Waals surface area contributed by atoms with Gasteiger partial charge in [-0.05, 0) is 18.4 Å². The van der Waals surface area contributed by atoms with Crippen LogP contribution in [0.1, 0.15) is 18.4 Å². The first-order chi connectivity index (χ1) is 8.38. The van der Waals surface area contributed by atoms with E-state index in [1.54, 1.807) is 12.1 Å². The van der Waals surface area contributed by atoms with Gasteiger partial charge in [0.2, 0.25) is 0 Å². The second-order valence-electron chi connectivity index (χ2n) is 4.45. The van der Waals surface area contributed by atoms with Gasteiger partial charge in [-0.3, -0.25) is 14.3 Å². The standard InChI is InChI=1S/C11H13NO5S/c1-17-18(15,16)8-11(6-7-11)9-2-4-10(5-3-9)12(13)14/h2-5H,6-8H2,1H3. The fraction of sp³-hybridized carbons (Fsp3) is 0.455. The molecule has 0 heterocycles. The molecule has 2 rings (SSSR count). The Hall–Kier alpha value is -1.47. The van der Waals surface area contributed by atoms with Crippen LogP contribution in [0.4, 0.5) is 5.69 Å². The van der Waals surface area contributed by atoms with Gasteiger partial charge in [0.1, 0.15) is 0 Å². The fourth-order valence-corrected chi connectivity index (χ4v) is 3.25. The van der Waals surface area contributed by atoms with Gasteiger partial charge in [-0.2, -0.15) is 8.42 Å². The molecule has 0 N–H and O–H groups in total. The van der Waals surface area contributed by atoms with Gasteiger partial charge in [0.15, 0.2) is 0 Å². The van der Waals surface area contributed by atoms with E-state index in [9.17, 15) is 18.5 Å². The molecule has 18 heavy (non-hydrogen) atoms. The lowest BCUT2D eigenvalue weighted by Gasteiger charge is -2.14. The Morgan fingerprint density at radius 2 is 1.89 bits per heavy atom. The molecule has 0 aromatic heterocycles. The predicted molar refractivity (Wildman–Crippen MR) is 64.8 cm³/mol. The molecule has 0 atom stereocenters. The molecule has 0 spiro atoms. The van der Waals surface area contributed by atoms with E-state index in [4.69, 9.17) is 0 Å². The van der Waals surface area contributed by atoms with Gasteiger partial charge >= 0.3 is 0 Å². The molecule has 7 heteroatoms. The highest BCUT2D eigenvalue weighted by Gasteiger charge is 2.47. The van der Waals surface area contributed by atoms with Gasteiger partial charge in [-0.25, -0.2) is 0 Å². The van der Waals surface area contributed by atoms with Crippen molar-refractivity contribution in [3.8, 4) is 0 Å². The van der Waals surface area contributed by atoms with Crippen molar-refractivity contribution >= 4 is 15.8 Å². The monoisotopic (exact) mass is 271 g/mol. The van der Waals surface area contributed by atoms with Crippen molar-refractivity contribution in [1.29, 1.82) is 0 Å². The van der Waals surface area contributed by atoms with Gasteiger partial charge in [0.25, 0.3) is 15.8 Å². The number of nitrogens with zero attached hydrogens (tertiary/aromatic N) is 1. The quantitative estimate of drug-likeness (QED) is 0.461. The molecule has 1 aromatic carbocycles. The second-order valence-corrected chi connectivity index (χ2v) is 6.19. The Morgan fingerprint density at radius 1 is 1.33 bits per heavy atom. The molecule has 0 bridgehead atoms. The van der Waals surface area contributed by atoms with Crippen LogP contribution >= 0.6 is 0 Å². The predicted octanol–water partition coefficient (Wildman–Crippen LogP) is 1.60. The first-order valence-electron chi connectivity index (χ1n) is 5.42. The highest BCUT2D eigenvalue weighted by atomic mass is 32.2. The van der Waals surface area contributed by atoms with Gasteiger partial charge in [-0.1, -0.05) is 12.1 Å². The summed E-state index contributed by atoms with van der Waals surface area (Å²) in [5, 5.41) is 10.5. The summed E-state index contributed by atoms with van der Waals surface area (Å²) in [7, 11) is -2.38. The summed E-state index contributed by atoms with van der Waals surface area (Å²) in [4.78, 5) is 10.1. The number of rotatable bonds is 5. The Morgan fingerprint density at radius 3 is 2.28 bits per heavy atom. The van der Waals surface area contributed by atoms with Crippen LogP contribution in [0.5, 0.6) is 0 Å². The number of non-ortho nitro benzene ring substituents is 1. The van der Waals surface area contributed by atoms with Crippen molar-refractivity contribution in [3.05, 3.63) is 39.9 Å². The summed E-state index contributed by atoms with van der Waals surface area (Å²) in [6.07, 6.45) is 1.51. The van der Waals surface area contributed by atoms with Crippen molar-refractivity contribution < 1.29 is 17.5 Å². The Labute approximate surface area is 105 Å². The van der Waals surface area contributed by atoms with E-state index in [2.05, 4.69) is 4.18 Å². The topological polar surface area (TPSA) is 86.5 Å². The summed E-state index contributed by atoms with van der Waals surface area (Å²) in [5.41, 5.74) is 0.391. The van der Waals surface area contributed by atoms with E-state index < -0.39 is 20.5 Å². The van der Waals surface area contributed by atoms with Crippen LogP contribution in [-0.2, 0) is 19.7 Å². The molecule has 0 aliphatic heterocycles. The summed E-state index contributed by atoms with van der Waals surface area (Å²) in [6, 6.07) is 6.04. The molecule has 98 valence electrons. The highest BCUT2D eigenvalue weighted by Crippen LogP contribution is 2.49. The summed E-state index contributed by atoms with van der Waals surface area (Å²) in [5.74, 6) is -0.0751. The van der Waals surface area contributed by atoms with Crippen LogP contribution in [-0.4, -0.2) is 26.2 Å². The minimum Gasteiger partial charge on any atom is -0.273 e. The zero-order chi connectivity index (χ0) is 13.4. The molecule has 0 amide bonds. The molecule has 0 saturated heterocycles. The minimum absolute atomic E-state index is 0.00384. The average molecular weight is 271 g/mol. The molecular formula is C11H13NO5S. The molecule has 0 radical (unpaired) electrons. The van der Waals surface area contributed by atoms with E-state index in [0.29, 0.717) is 0 Å². The van der Waals surface area contributed by atoms with E-state index in [0.717, 1.165) is 25.5 Å². The van der Waals surface area contributed by atoms with Gasteiger partial charge in [0, 0.05) is 17.5 Å². The highest BCUT2D eigenvalue weighted by molar-refractivity contribution is 7.86. The molecular weight excluding hydrogens is 258 g/mol. The van der Waals surface area contributed by atoms with E-state index in [1.165, 1.54) is 12.1 Å². The van der Waals surface area contributed by atoms with Crippen LogP contribution in [0.15, 0.2) is 24.3 Å². The van der Waals surface area contributed by atoms with Gasteiger partial charge in [-0.15, -0.1) is 0 Å². The third-order valence-electron chi connectivity index (χ3n) is 3.25. The smallest absolute Gasteiger partial charge is 0.269 e. The van der Waals surface area contributed by atoms with Crippen molar-refractivity contribution in [2.45, 2.75) is 18.3 Å². The zero-order valence-corrected chi connectivity index (χ0v) is 10.6. The normalized spacial score (nSPS) is 17.4. The lowest BCUT2D eigenvalue weighted by atomic mass is 9.98. The van der Waals surface area contributed by atoms with E-state index >= 15 is 0 Å². The molecule has 1 aliphatic carbocycles. The van der Waals surface area contributed by atoms with Crippen LogP contribution in [0.3, 0.4) is 0 Å². The van der Waals surface area contributed by atoms with Crippen LogP contribution in [0.25, 0.3) is 0 Å². The number of hydrogen-bond acceptors (Lipinski definition) is 5. The van der Waals surface area contributed by atoms with Crippen molar-refractivity contribution in [2.24, 2.45) is 0 Å². The van der Waals surface area contributed by atoms with Crippen LogP contribution in [0.2, 0.25) is 0 Å². The Kier molecular flexibility index (Phi) is 3.12. The third kappa shape index (κ3) is 2.51. The molecule has 1 fully saturated rings. The molecule has 1 aliphatic rings. The lowest BCUT2D eigenvalue weighted by molar-refractivity contribution is -0.384. The largest absolute Gasteiger partial charge is 0.273 e. The number of benzene rings is 1. The first kappa shape index (κ1) is 13.0. The van der Waals surface area contributed by atoms with Crippen LogP contribution < -0.4 is 0 Å². The number of nitro benzene ring substituents is 1. The van der Waals surface area contributed by atoms with E-state index in [-0.39, 0.29) is 11.4 Å². The van der Waals surface area contributed by atoms with Crippen LogP contribution in [0, 0.1) is 10.1 Å². The first-order valence-corrected chi connectivity index (χ1v) is 7.00. The van der Waals surface area contributed by atoms with Crippen molar-refractivity contribution in [1.82, 2.24) is 0 Å². The maximum absolute atomic E-state index is 11.5. The summed E-state index contributed by atoms with van der Waals surface area (Å²) >= 11 is 0. The van der Waals surface area contributed by atoms with Gasteiger partial charge < -0.3 is 0 Å². The molecule has 1 aromatic rings. The lowest BCUT2D eigenvalue weighted by Crippen LogP contribution is -2.21. The minimum atomic E-state index is -3.52. The van der Waals surface area contributed by atoms with Crippen molar-refractivity contribution in [3.63, 3.8) is 0 Å². The number of hydrogen-bond donors (Lipinski definition) is 0. The maximum Gasteiger partial charge on any atom is 0.269 e. The Bertz CT molecular complexity index is 560. The number of nitro groups is 1. The summed E-state index contributed by atoms with van der Waals surface area (Å²) < 4.78 is 27.4. The SMILES string of the molecule is COS(=O)(=O)CC1(c2ccc([N+](=O)[O-])cc2)CC1. The molecule has 6 nitrogen and oxygen atoms in total. The average Bonchev–Trinajstić information content (AvgIpc) is 3.09. The third-order valence-corrected chi connectivity index (χ3v) is 4.67. The summed E-state index contributed by atoms with van der Waals surface area (Å²) in [6.45, 7) is 0.